The van der Waals surface area contributed by atoms with Crippen LogP contribution in [0.15, 0.2) is 16.2 Å². The maximum Gasteiger partial charge on any atom is 0.248 e. The summed E-state index contributed by atoms with van der Waals surface area (Å²) in [4.78, 5) is 14.9. The highest BCUT2D eigenvalue weighted by molar-refractivity contribution is 7.17. The highest BCUT2D eigenvalue weighted by Crippen LogP contribution is 2.35. The summed E-state index contributed by atoms with van der Waals surface area (Å²) in [5.41, 5.74) is 3.26. The zero-order valence-corrected chi connectivity index (χ0v) is 12.9. The fourth-order valence-electron chi connectivity index (χ4n) is 2.72. The minimum atomic E-state index is 0.00174. The molecule has 1 aliphatic carbocycles. The lowest BCUT2D eigenvalue weighted by Gasteiger charge is -2.08. The van der Waals surface area contributed by atoms with Crippen molar-refractivity contribution in [1.29, 1.82) is 0 Å². The molecule has 2 aromatic rings. The van der Waals surface area contributed by atoms with Gasteiger partial charge in [-0.15, -0.1) is 11.3 Å². The first-order chi connectivity index (χ1) is 9.69. The first-order valence-electron chi connectivity index (χ1n) is 7.35. The van der Waals surface area contributed by atoms with Crippen LogP contribution in [-0.2, 0) is 11.2 Å². The molecule has 0 bridgehead atoms. The summed E-state index contributed by atoms with van der Waals surface area (Å²) in [7, 11) is 1.70. The van der Waals surface area contributed by atoms with Gasteiger partial charge < -0.3 is 9.72 Å². The number of rotatable bonds is 6. The third kappa shape index (κ3) is 2.81. The van der Waals surface area contributed by atoms with Gasteiger partial charge in [0.15, 0.2) is 0 Å². The van der Waals surface area contributed by atoms with E-state index in [1.54, 1.807) is 24.5 Å². The van der Waals surface area contributed by atoms with Crippen LogP contribution in [0.4, 0.5) is 0 Å². The predicted molar refractivity (Wildman–Crippen MR) is 83.5 cm³/mol. The summed E-state index contributed by atoms with van der Waals surface area (Å²) >= 11 is 1.72. The molecule has 2 aromatic heterocycles. The third-order valence-electron chi connectivity index (χ3n) is 4.21. The molecule has 2 heterocycles. The number of aromatic nitrogens is 1. The van der Waals surface area contributed by atoms with E-state index in [1.807, 2.05) is 6.92 Å². The Morgan fingerprint density at radius 1 is 1.50 bits per heavy atom. The molecule has 3 nitrogen and oxygen atoms in total. The molecule has 0 aliphatic heterocycles. The molecule has 3 rings (SSSR count). The minimum Gasteiger partial charge on any atom is -0.377 e. The number of nitrogens with one attached hydrogen (secondary N) is 1. The van der Waals surface area contributed by atoms with Crippen LogP contribution >= 0.6 is 11.3 Å². The zero-order valence-electron chi connectivity index (χ0n) is 12.1. The van der Waals surface area contributed by atoms with E-state index in [-0.39, 0.29) is 11.7 Å². The van der Waals surface area contributed by atoms with Crippen LogP contribution in [0.25, 0.3) is 10.2 Å². The van der Waals surface area contributed by atoms with Crippen LogP contribution in [-0.4, -0.2) is 12.1 Å². The standard InChI is InChI=1S/C16H21NO2S/c1-10(19-2)13-9-20-16-12(5-3-4-11-6-7-11)8-14(18)17-15(13)16/h8-11H,3-7H2,1-2H3,(H,17,18). The average Bonchev–Trinajstić information content (AvgIpc) is 3.16. The molecule has 0 spiro atoms. The van der Waals surface area contributed by atoms with Crippen molar-refractivity contribution in [3.05, 3.63) is 32.9 Å². The molecule has 1 unspecified atom stereocenters. The van der Waals surface area contributed by atoms with Gasteiger partial charge in [0, 0.05) is 18.7 Å². The molecule has 1 saturated carbocycles. The smallest absolute Gasteiger partial charge is 0.248 e. The maximum absolute atomic E-state index is 11.9. The van der Waals surface area contributed by atoms with E-state index in [2.05, 4.69) is 10.4 Å². The number of pyridine rings is 1. The lowest BCUT2D eigenvalue weighted by molar-refractivity contribution is 0.121. The molecule has 108 valence electrons. The van der Waals surface area contributed by atoms with Gasteiger partial charge in [0.25, 0.3) is 0 Å². The maximum atomic E-state index is 11.9. The van der Waals surface area contributed by atoms with Crippen LogP contribution in [0.2, 0.25) is 0 Å². The second-order valence-corrected chi connectivity index (χ2v) is 6.65. The first-order valence-corrected chi connectivity index (χ1v) is 8.23. The largest absolute Gasteiger partial charge is 0.377 e. The van der Waals surface area contributed by atoms with E-state index in [9.17, 15) is 4.79 Å². The SMILES string of the molecule is COC(C)c1csc2c(CCCC3CC3)cc(=O)[nH]c12. The van der Waals surface area contributed by atoms with E-state index < -0.39 is 0 Å². The molecular weight excluding hydrogens is 270 g/mol. The summed E-state index contributed by atoms with van der Waals surface area (Å²) in [5.74, 6) is 0.958. The summed E-state index contributed by atoms with van der Waals surface area (Å²) < 4.78 is 6.61. The number of methoxy groups -OCH3 is 1. The molecule has 0 aromatic carbocycles. The van der Waals surface area contributed by atoms with Gasteiger partial charge in [-0.25, -0.2) is 0 Å². The second kappa shape index (κ2) is 5.70. The van der Waals surface area contributed by atoms with Gasteiger partial charge in [-0.2, -0.15) is 0 Å². The highest BCUT2D eigenvalue weighted by atomic mass is 32.1. The van der Waals surface area contributed by atoms with Gasteiger partial charge in [0.1, 0.15) is 0 Å². The van der Waals surface area contributed by atoms with Crippen molar-refractivity contribution in [3.8, 4) is 0 Å². The van der Waals surface area contributed by atoms with Crippen molar-refractivity contribution in [2.24, 2.45) is 5.92 Å². The number of hydrogen-bond donors (Lipinski definition) is 1. The lowest BCUT2D eigenvalue weighted by atomic mass is 10.1. The van der Waals surface area contributed by atoms with Crippen molar-refractivity contribution in [3.63, 3.8) is 0 Å². The topological polar surface area (TPSA) is 42.1 Å². The molecular formula is C16H21NO2S. The van der Waals surface area contributed by atoms with Gasteiger partial charge in [0.2, 0.25) is 5.56 Å². The van der Waals surface area contributed by atoms with Crippen LogP contribution < -0.4 is 5.56 Å². The van der Waals surface area contributed by atoms with Gasteiger partial charge in [0.05, 0.1) is 16.3 Å². The molecule has 1 aliphatic rings. The molecule has 0 amide bonds. The molecule has 1 atom stereocenters. The van der Waals surface area contributed by atoms with E-state index in [1.165, 1.54) is 35.9 Å². The first kappa shape index (κ1) is 13.8. The number of hydrogen-bond acceptors (Lipinski definition) is 3. The molecule has 0 radical (unpaired) electrons. The Balaban J connectivity index is 1.90. The predicted octanol–water partition coefficient (Wildman–Crippen LogP) is 4.03. The number of fused-ring (bicyclic) bond motifs is 1. The summed E-state index contributed by atoms with van der Waals surface area (Å²) in [6.07, 6.45) is 6.33. The Hall–Kier alpha value is -1.13. The Morgan fingerprint density at radius 3 is 3.00 bits per heavy atom. The number of aromatic amines is 1. The second-order valence-electron chi connectivity index (χ2n) is 5.77. The van der Waals surface area contributed by atoms with Crippen LogP contribution in [0.3, 0.4) is 0 Å². The van der Waals surface area contributed by atoms with Crippen molar-refractivity contribution in [1.82, 2.24) is 4.98 Å². The Kier molecular flexibility index (Phi) is 3.94. The summed E-state index contributed by atoms with van der Waals surface area (Å²) in [5, 5.41) is 2.11. The van der Waals surface area contributed by atoms with Crippen molar-refractivity contribution < 1.29 is 4.74 Å². The van der Waals surface area contributed by atoms with Crippen LogP contribution in [0, 0.1) is 5.92 Å². The molecule has 20 heavy (non-hydrogen) atoms. The van der Waals surface area contributed by atoms with Crippen LogP contribution in [0.1, 0.15) is 49.8 Å². The number of aryl methyl sites for hydroxylation is 1. The molecule has 4 heteroatoms. The van der Waals surface area contributed by atoms with Crippen molar-refractivity contribution in [2.75, 3.05) is 7.11 Å². The molecule has 0 saturated heterocycles. The van der Waals surface area contributed by atoms with Crippen molar-refractivity contribution in [2.45, 2.75) is 45.1 Å². The average molecular weight is 291 g/mol. The Labute approximate surface area is 123 Å². The normalized spacial score (nSPS) is 16.7. The van der Waals surface area contributed by atoms with Gasteiger partial charge in [-0.1, -0.05) is 19.3 Å². The van der Waals surface area contributed by atoms with E-state index >= 15 is 0 Å². The quantitative estimate of drug-likeness (QED) is 0.873. The van der Waals surface area contributed by atoms with Gasteiger partial charge in [-0.3, -0.25) is 4.79 Å². The number of ether oxygens (including phenoxy) is 1. The van der Waals surface area contributed by atoms with Gasteiger partial charge >= 0.3 is 0 Å². The van der Waals surface area contributed by atoms with E-state index in [0.717, 1.165) is 23.4 Å². The Morgan fingerprint density at radius 2 is 2.30 bits per heavy atom. The number of thiophene rings is 1. The third-order valence-corrected chi connectivity index (χ3v) is 5.29. The molecule has 1 N–H and O–H groups in total. The number of H-pyrrole nitrogens is 1. The fraction of sp³-hybridized carbons (Fsp3) is 0.562. The van der Waals surface area contributed by atoms with Crippen molar-refractivity contribution >= 4 is 21.6 Å². The van der Waals surface area contributed by atoms with Crippen LogP contribution in [0.5, 0.6) is 0 Å². The monoisotopic (exact) mass is 291 g/mol. The van der Waals surface area contributed by atoms with E-state index in [0.29, 0.717) is 0 Å². The minimum absolute atomic E-state index is 0.00174. The molecule has 1 fully saturated rings. The fourth-order valence-corrected chi connectivity index (χ4v) is 3.87. The summed E-state index contributed by atoms with van der Waals surface area (Å²) in [6.45, 7) is 2.01. The highest BCUT2D eigenvalue weighted by Gasteiger charge is 2.20. The summed E-state index contributed by atoms with van der Waals surface area (Å²) in [6, 6.07) is 1.77. The Bertz CT molecular complexity index is 654. The lowest BCUT2D eigenvalue weighted by Crippen LogP contribution is -2.07. The van der Waals surface area contributed by atoms with Gasteiger partial charge in [-0.05, 0) is 36.6 Å². The van der Waals surface area contributed by atoms with E-state index in [4.69, 9.17) is 4.74 Å². The zero-order chi connectivity index (χ0) is 14.1.